The molecule has 0 radical (unpaired) electrons. The van der Waals surface area contributed by atoms with Crippen LogP contribution in [0.5, 0.6) is 5.75 Å². The highest BCUT2D eigenvalue weighted by Gasteiger charge is 2.13. The third-order valence-corrected chi connectivity index (χ3v) is 4.30. The summed E-state index contributed by atoms with van der Waals surface area (Å²) >= 11 is 1.60. The Bertz CT molecular complexity index is 732. The molecule has 0 aliphatic rings. The number of carbonyl (C=O) groups excluding carboxylic acids is 1. The Morgan fingerprint density at radius 2 is 1.96 bits per heavy atom. The highest BCUT2D eigenvalue weighted by Crippen LogP contribution is 2.29. The van der Waals surface area contributed by atoms with Crippen LogP contribution in [0.4, 0.5) is 11.4 Å². The molecule has 0 saturated heterocycles. The minimum absolute atomic E-state index is 0.0835. The van der Waals surface area contributed by atoms with Gasteiger partial charge in [0, 0.05) is 23.1 Å². The summed E-state index contributed by atoms with van der Waals surface area (Å²) in [5.74, 6) is 0.745. The Hall–Kier alpha value is -2.54. The van der Waals surface area contributed by atoms with E-state index in [4.69, 9.17) is 4.74 Å². The van der Waals surface area contributed by atoms with Crippen molar-refractivity contribution in [1.82, 2.24) is 0 Å². The fourth-order valence-corrected chi connectivity index (χ4v) is 2.86. The molecule has 0 aliphatic heterocycles. The van der Waals surface area contributed by atoms with Crippen molar-refractivity contribution in [2.45, 2.75) is 18.2 Å². The quantitative estimate of drug-likeness (QED) is 0.465. The van der Waals surface area contributed by atoms with Crippen molar-refractivity contribution < 1.29 is 14.5 Å². The van der Waals surface area contributed by atoms with Gasteiger partial charge in [-0.1, -0.05) is 17.7 Å². The topological polar surface area (TPSA) is 81.5 Å². The Morgan fingerprint density at radius 1 is 1.25 bits per heavy atom. The lowest BCUT2D eigenvalue weighted by Gasteiger charge is -2.10. The highest BCUT2D eigenvalue weighted by molar-refractivity contribution is 7.99. The van der Waals surface area contributed by atoms with Crippen molar-refractivity contribution in [3.8, 4) is 5.75 Å². The second kappa shape index (κ2) is 8.35. The number of thioether (sulfide) groups is 1. The van der Waals surface area contributed by atoms with Gasteiger partial charge in [-0.15, -0.1) is 11.8 Å². The predicted octanol–water partition coefficient (Wildman–Crippen LogP) is 4.03. The van der Waals surface area contributed by atoms with Gasteiger partial charge in [-0.25, -0.2) is 0 Å². The van der Waals surface area contributed by atoms with Gasteiger partial charge in [0.05, 0.1) is 23.8 Å². The van der Waals surface area contributed by atoms with E-state index in [9.17, 15) is 14.9 Å². The summed E-state index contributed by atoms with van der Waals surface area (Å²) in [7, 11) is 1.40. The van der Waals surface area contributed by atoms with Crippen LogP contribution in [0.3, 0.4) is 0 Å². The van der Waals surface area contributed by atoms with Crippen LogP contribution in [0.2, 0.25) is 0 Å². The molecule has 1 N–H and O–H groups in total. The molecule has 126 valence electrons. The maximum atomic E-state index is 12.0. The van der Waals surface area contributed by atoms with E-state index in [1.54, 1.807) is 11.8 Å². The first kappa shape index (κ1) is 17.8. The zero-order valence-corrected chi connectivity index (χ0v) is 14.3. The maximum Gasteiger partial charge on any atom is 0.273 e. The van der Waals surface area contributed by atoms with Crippen LogP contribution in [0.25, 0.3) is 0 Å². The van der Waals surface area contributed by atoms with E-state index in [1.165, 1.54) is 30.9 Å². The number of nitro groups is 1. The average molecular weight is 346 g/mol. The Kier molecular flexibility index (Phi) is 6.20. The number of hydrogen-bond donors (Lipinski definition) is 1. The van der Waals surface area contributed by atoms with Crippen LogP contribution in [-0.2, 0) is 4.79 Å². The molecule has 7 heteroatoms. The summed E-state index contributed by atoms with van der Waals surface area (Å²) in [6.07, 6.45) is 0.332. The number of hydrogen-bond acceptors (Lipinski definition) is 5. The molecule has 2 aromatic rings. The molecular weight excluding hydrogens is 328 g/mol. The van der Waals surface area contributed by atoms with Crippen molar-refractivity contribution >= 4 is 29.0 Å². The Balaban J connectivity index is 1.90. The number of nitrogens with one attached hydrogen (secondary N) is 1. The van der Waals surface area contributed by atoms with Gasteiger partial charge < -0.3 is 10.1 Å². The van der Waals surface area contributed by atoms with E-state index >= 15 is 0 Å². The lowest BCUT2D eigenvalue weighted by Crippen LogP contribution is -2.13. The van der Waals surface area contributed by atoms with Crippen LogP contribution in [0, 0.1) is 17.0 Å². The predicted molar refractivity (Wildman–Crippen MR) is 94.8 cm³/mol. The number of anilines is 1. The lowest BCUT2D eigenvalue weighted by atomic mass is 10.2. The third kappa shape index (κ3) is 4.99. The zero-order chi connectivity index (χ0) is 17.5. The first-order valence-electron chi connectivity index (χ1n) is 7.31. The van der Waals surface area contributed by atoms with Gasteiger partial charge in [0.15, 0.2) is 0 Å². The highest BCUT2D eigenvalue weighted by atomic mass is 32.2. The second-order valence-corrected chi connectivity index (χ2v) is 6.27. The van der Waals surface area contributed by atoms with E-state index in [-0.39, 0.29) is 17.3 Å². The fraction of sp³-hybridized carbons (Fsp3) is 0.235. The van der Waals surface area contributed by atoms with Crippen LogP contribution in [-0.4, -0.2) is 23.7 Å². The van der Waals surface area contributed by atoms with Crippen molar-refractivity contribution in [1.29, 1.82) is 0 Å². The van der Waals surface area contributed by atoms with Crippen LogP contribution >= 0.6 is 11.8 Å². The number of aryl methyl sites for hydroxylation is 1. The van der Waals surface area contributed by atoms with E-state index in [2.05, 4.69) is 5.32 Å². The molecule has 0 heterocycles. The number of nitro benzene ring substituents is 1. The summed E-state index contributed by atoms with van der Waals surface area (Å²) in [6.45, 7) is 2.03. The normalized spacial score (nSPS) is 10.2. The van der Waals surface area contributed by atoms with Crippen molar-refractivity contribution in [3.05, 3.63) is 58.1 Å². The molecule has 0 aromatic heterocycles. The molecule has 24 heavy (non-hydrogen) atoms. The first-order valence-corrected chi connectivity index (χ1v) is 8.30. The minimum atomic E-state index is -0.508. The van der Waals surface area contributed by atoms with Gasteiger partial charge in [0.2, 0.25) is 5.91 Å². The van der Waals surface area contributed by atoms with Gasteiger partial charge in [-0.2, -0.15) is 0 Å². The summed E-state index contributed by atoms with van der Waals surface area (Å²) < 4.78 is 5.10. The van der Waals surface area contributed by atoms with E-state index in [1.807, 2.05) is 31.2 Å². The van der Waals surface area contributed by atoms with Crippen LogP contribution in [0.1, 0.15) is 12.0 Å². The molecule has 6 nitrogen and oxygen atoms in total. The number of nitrogens with zero attached hydrogens (tertiary/aromatic N) is 1. The Morgan fingerprint density at radius 3 is 2.58 bits per heavy atom. The molecule has 0 fully saturated rings. The lowest BCUT2D eigenvalue weighted by molar-refractivity contribution is -0.384. The van der Waals surface area contributed by atoms with Gasteiger partial charge in [0.25, 0.3) is 5.69 Å². The largest absolute Gasteiger partial charge is 0.494 e. The molecular formula is C17H18N2O4S. The number of ether oxygens (including phenoxy) is 1. The summed E-state index contributed by atoms with van der Waals surface area (Å²) in [5, 5.41) is 13.5. The molecule has 0 spiro atoms. The number of methoxy groups -OCH3 is 1. The molecule has 1 amide bonds. The SMILES string of the molecule is COc1cc([N+](=O)[O-])ccc1NC(=O)CCSc1ccc(C)cc1. The van der Waals surface area contributed by atoms with Gasteiger partial charge in [0.1, 0.15) is 5.75 Å². The molecule has 2 aromatic carbocycles. The molecule has 0 bridgehead atoms. The number of amides is 1. The summed E-state index contributed by atoms with van der Waals surface area (Å²) in [6, 6.07) is 12.2. The number of carbonyl (C=O) groups is 1. The molecule has 2 rings (SSSR count). The Labute approximate surface area is 144 Å². The van der Waals surface area contributed by atoms with Gasteiger partial charge >= 0.3 is 0 Å². The maximum absolute atomic E-state index is 12.0. The standard InChI is InChI=1S/C17H18N2O4S/c1-12-3-6-14(7-4-12)24-10-9-17(20)18-15-8-5-13(19(21)22)11-16(15)23-2/h3-8,11H,9-10H2,1-2H3,(H,18,20). The van der Waals surface area contributed by atoms with Gasteiger partial charge in [-0.05, 0) is 25.1 Å². The molecule has 0 saturated carbocycles. The van der Waals surface area contributed by atoms with Gasteiger partial charge in [-0.3, -0.25) is 14.9 Å². The first-order chi connectivity index (χ1) is 11.5. The van der Waals surface area contributed by atoms with Crippen molar-refractivity contribution in [3.63, 3.8) is 0 Å². The third-order valence-electron chi connectivity index (χ3n) is 3.29. The average Bonchev–Trinajstić information content (AvgIpc) is 2.56. The number of non-ortho nitro benzene ring substituents is 1. The summed E-state index contributed by atoms with van der Waals surface area (Å²) in [5.41, 5.74) is 1.54. The van der Waals surface area contributed by atoms with E-state index in [0.29, 0.717) is 17.9 Å². The van der Waals surface area contributed by atoms with Crippen molar-refractivity contribution in [2.24, 2.45) is 0 Å². The van der Waals surface area contributed by atoms with Crippen LogP contribution in [0.15, 0.2) is 47.4 Å². The monoisotopic (exact) mass is 346 g/mol. The minimum Gasteiger partial charge on any atom is -0.494 e. The number of rotatable bonds is 7. The second-order valence-electron chi connectivity index (χ2n) is 5.10. The van der Waals surface area contributed by atoms with Crippen molar-refractivity contribution in [2.75, 3.05) is 18.2 Å². The molecule has 0 atom stereocenters. The van der Waals surface area contributed by atoms with E-state index < -0.39 is 4.92 Å². The van der Waals surface area contributed by atoms with Crippen LogP contribution < -0.4 is 10.1 Å². The fourth-order valence-electron chi connectivity index (χ4n) is 2.01. The number of benzene rings is 2. The van der Waals surface area contributed by atoms with E-state index in [0.717, 1.165) is 4.90 Å². The molecule has 0 unspecified atom stereocenters. The smallest absolute Gasteiger partial charge is 0.273 e. The summed E-state index contributed by atoms with van der Waals surface area (Å²) in [4.78, 5) is 23.4. The molecule has 0 aliphatic carbocycles. The zero-order valence-electron chi connectivity index (χ0n) is 13.4.